The SMILES string of the molecule is Cc1ccc(CS(=O)(=O)Nc2nc(-c3ccc4c(c3)N(C)C(=O)CO4)cs2)cc1. The number of rotatable bonds is 5. The van der Waals surface area contributed by atoms with Gasteiger partial charge in [0.2, 0.25) is 10.0 Å². The molecule has 9 heteroatoms. The lowest BCUT2D eigenvalue weighted by Crippen LogP contribution is -2.35. The van der Waals surface area contributed by atoms with Gasteiger partial charge < -0.3 is 9.64 Å². The van der Waals surface area contributed by atoms with Crippen LogP contribution in [0.5, 0.6) is 5.75 Å². The second-order valence-electron chi connectivity index (χ2n) is 6.81. The summed E-state index contributed by atoms with van der Waals surface area (Å²) in [5.41, 5.74) is 3.84. The monoisotopic (exact) mass is 429 g/mol. The number of ether oxygens (including phenoxy) is 1. The quantitative estimate of drug-likeness (QED) is 0.671. The van der Waals surface area contributed by atoms with Crippen LogP contribution in [-0.4, -0.2) is 33.0 Å². The fourth-order valence-electron chi connectivity index (χ4n) is 2.96. The van der Waals surface area contributed by atoms with Crippen LogP contribution < -0.4 is 14.4 Å². The van der Waals surface area contributed by atoms with E-state index in [2.05, 4.69) is 9.71 Å². The van der Waals surface area contributed by atoms with Crippen LogP contribution in [0.1, 0.15) is 11.1 Å². The molecule has 4 rings (SSSR count). The zero-order valence-corrected chi connectivity index (χ0v) is 17.5. The Morgan fingerprint density at radius 2 is 1.97 bits per heavy atom. The van der Waals surface area contributed by atoms with E-state index in [0.29, 0.717) is 27.8 Å². The lowest BCUT2D eigenvalue weighted by Gasteiger charge is -2.26. The topological polar surface area (TPSA) is 88.6 Å². The molecule has 0 saturated carbocycles. The summed E-state index contributed by atoms with van der Waals surface area (Å²) in [7, 11) is -1.88. The third kappa shape index (κ3) is 4.25. The molecule has 1 N–H and O–H groups in total. The van der Waals surface area contributed by atoms with Crippen LogP contribution in [0.15, 0.2) is 47.8 Å². The van der Waals surface area contributed by atoms with Crippen LogP contribution in [0.25, 0.3) is 11.3 Å². The van der Waals surface area contributed by atoms with Gasteiger partial charge in [-0.25, -0.2) is 13.4 Å². The van der Waals surface area contributed by atoms with Gasteiger partial charge in [-0.05, 0) is 30.7 Å². The van der Waals surface area contributed by atoms with Crippen molar-refractivity contribution in [3.63, 3.8) is 0 Å². The number of carbonyl (C=O) groups excluding carboxylic acids is 1. The van der Waals surface area contributed by atoms with Crippen molar-refractivity contribution in [3.05, 3.63) is 59.0 Å². The number of nitrogens with one attached hydrogen (secondary N) is 1. The van der Waals surface area contributed by atoms with E-state index in [1.54, 1.807) is 35.5 Å². The molecule has 2 heterocycles. The Labute approximate surface area is 173 Å². The highest BCUT2D eigenvalue weighted by atomic mass is 32.2. The van der Waals surface area contributed by atoms with Gasteiger partial charge >= 0.3 is 0 Å². The van der Waals surface area contributed by atoms with Crippen molar-refractivity contribution in [1.29, 1.82) is 0 Å². The third-order valence-electron chi connectivity index (χ3n) is 4.57. The predicted molar refractivity (Wildman–Crippen MR) is 114 cm³/mol. The molecular formula is C20H19N3O4S2. The molecule has 150 valence electrons. The summed E-state index contributed by atoms with van der Waals surface area (Å²) in [6.45, 7) is 1.97. The molecule has 0 atom stereocenters. The number of hydrogen-bond acceptors (Lipinski definition) is 6. The highest BCUT2D eigenvalue weighted by Crippen LogP contribution is 2.36. The molecule has 0 spiro atoms. The van der Waals surface area contributed by atoms with Crippen molar-refractivity contribution < 1.29 is 17.9 Å². The number of fused-ring (bicyclic) bond motifs is 1. The van der Waals surface area contributed by atoms with E-state index < -0.39 is 10.0 Å². The molecule has 29 heavy (non-hydrogen) atoms. The standard InChI is InChI=1S/C20H19N3O4S2/c1-13-3-5-14(6-4-13)12-29(25,26)22-20-21-16(11-28-20)15-7-8-18-17(9-15)23(2)19(24)10-27-18/h3-9,11H,10,12H2,1-2H3,(H,21,22). The summed E-state index contributed by atoms with van der Waals surface area (Å²) in [5.74, 6) is 0.383. The van der Waals surface area contributed by atoms with Gasteiger partial charge in [0.25, 0.3) is 5.91 Å². The average molecular weight is 430 g/mol. The third-order valence-corrected chi connectivity index (χ3v) is 6.67. The van der Waals surface area contributed by atoms with Crippen LogP contribution in [0.3, 0.4) is 0 Å². The van der Waals surface area contributed by atoms with E-state index in [4.69, 9.17) is 4.74 Å². The molecule has 1 aliphatic heterocycles. The van der Waals surface area contributed by atoms with E-state index in [1.807, 2.05) is 31.2 Å². The number of aryl methyl sites for hydroxylation is 1. The maximum atomic E-state index is 12.5. The molecule has 7 nitrogen and oxygen atoms in total. The van der Waals surface area contributed by atoms with Crippen molar-refractivity contribution in [2.75, 3.05) is 23.3 Å². The number of aromatic nitrogens is 1. The molecule has 0 unspecified atom stereocenters. The number of carbonyl (C=O) groups is 1. The van der Waals surface area contributed by atoms with E-state index in [1.165, 1.54) is 11.3 Å². The maximum Gasteiger partial charge on any atom is 0.264 e. The Morgan fingerprint density at radius 1 is 1.21 bits per heavy atom. The number of anilines is 2. The van der Waals surface area contributed by atoms with E-state index in [0.717, 1.165) is 11.1 Å². The van der Waals surface area contributed by atoms with Crippen molar-refractivity contribution in [2.45, 2.75) is 12.7 Å². The van der Waals surface area contributed by atoms with Gasteiger partial charge in [0, 0.05) is 18.0 Å². The molecule has 0 aliphatic carbocycles. The molecule has 1 aromatic heterocycles. The van der Waals surface area contributed by atoms with Gasteiger partial charge in [-0.1, -0.05) is 29.8 Å². The first-order chi connectivity index (χ1) is 13.8. The van der Waals surface area contributed by atoms with E-state index >= 15 is 0 Å². The smallest absolute Gasteiger partial charge is 0.264 e. The van der Waals surface area contributed by atoms with Crippen molar-refractivity contribution in [1.82, 2.24) is 4.98 Å². The van der Waals surface area contributed by atoms with Gasteiger partial charge in [0.1, 0.15) is 5.75 Å². The number of nitrogens with zero attached hydrogens (tertiary/aromatic N) is 2. The van der Waals surface area contributed by atoms with Crippen LogP contribution in [0.4, 0.5) is 10.8 Å². The number of likely N-dealkylation sites (N-methyl/N-ethyl adjacent to an activating group) is 1. The van der Waals surface area contributed by atoms with Gasteiger partial charge in [-0.3, -0.25) is 9.52 Å². The highest BCUT2D eigenvalue weighted by Gasteiger charge is 2.23. The number of sulfonamides is 1. The summed E-state index contributed by atoms with van der Waals surface area (Å²) in [4.78, 5) is 17.8. The molecule has 0 saturated heterocycles. The lowest BCUT2D eigenvalue weighted by molar-refractivity contribution is -0.120. The fourth-order valence-corrected chi connectivity index (χ4v) is 5.11. The second kappa shape index (κ2) is 7.49. The van der Waals surface area contributed by atoms with Gasteiger partial charge in [0.05, 0.1) is 17.1 Å². The molecule has 1 amide bonds. The first-order valence-corrected chi connectivity index (χ1v) is 11.4. The Balaban J connectivity index is 1.53. The van der Waals surface area contributed by atoms with Crippen LogP contribution in [0, 0.1) is 6.92 Å². The van der Waals surface area contributed by atoms with Gasteiger partial charge in [-0.2, -0.15) is 0 Å². The van der Waals surface area contributed by atoms with Crippen LogP contribution >= 0.6 is 11.3 Å². The highest BCUT2D eigenvalue weighted by molar-refractivity contribution is 7.92. The number of hydrogen-bond donors (Lipinski definition) is 1. The summed E-state index contributed by atoms with van der Waals surface area (Å²) < 4.78 is 32.9. The summed E-state index contributed by atoms with van der Waals surface area (Å²) in [6, 6.07) is 12.8. The van der Waals surface area contributed by atoms with E-state index in [9.17, 15) is 13.2 Å². The van der Waals surface area contributed by atoms with Crippen molar-refractivity contribution in [3.8, 4) is 17.0 Å². The second-order valence-corrected chi connectivity index (χ2v) is 9.39. The Morgan fingerprint density at radius 3 is 2.72 bits per heavy atom. The van der Waals surface area contributed by atoms with E-state index in [-0.39, 0.29) is 18.3 Å². The van der Waals surface area contributed by atoms with Crippen molar-refractivity contribution >= 4 is 38.1 Å². The first-order valence-electron chi connectivity index (χ1n) is 8.86. The molecular weight excluding hydrogens is 410 g/mol. The minimum Gasteiger partial charge on any atom is -0.482 e. The largest absolute Gasteiger partial charge is 0.482 e. The molecule has 2 aromatic carbocycles. The fraction of sp³-hybridized carbons (Fsp3) is 0.200. The maximum absolute atomic E-state index is 12.5. The molecule has 0 bridgehead atoms. The van der Waals surface area contributed by atoms with Gasteiger partial charge in [-0.15, -0.1) is 11.3 Å². The van der Waals surface area contributed by atoms with Gasteiger partial charge in [0.15, 0.2) is 11.7 Å². The number of thiazole rings is 1. The average Bonchev–Trinajstić information content (AvgIpc) is 3.14. The molecule has 0 fully saturated rings. The summed E-state index contributed by atoms with van der Waals surface area (Å²) in [6.07, 6.45) is 0. The zero-order chi connectivity index (χ0) is 20.6. The molecule has 0 radical (unpaired) electrons. The van der Waals surface area contributed by atoms with Crippen LogP contribution in [0.2, 0.25) is 0 Å². The predicted octanol–water partition coefficient (Wildman–Crippen LogP) is 3.42. The van der Waals surface area contributed by atoms with Crippen LogP contribution in [-0.2, 0) is 20.6 Å². The first kappa shape index (κ1) is 19.4. The number of benzene rings is 2. The Kier molecular flexibility index (Phi) is 5.01. The zero-order valence-electron chi connectivity index (χ0n) is 15.9. The Hall–Kier alpha value is -2.91. The molecule has 3 aromatic rings. The minimum absolute atomic E-state index is 0.0203. The molecule has 1 aliphatic rings. The summed E-state index contributed by atoms with van der Waals surface area (Å²) in [5, 5.41) is 2.07. The number of amides is 1. The summed E-state index contributed by atoms with van der Waals surface area (Å²) >= 11 is 1.21. The minimum atomic E-state index is -3.57. The normalized spacial score (nSPS) is 13.7. The lowest BCUT2D eigenvalue weighted by atomic mass is 10.1. The van der Waals surface area contributed by atoms with Crippen molar-refractivity contribution in [2.24, 2.45) is 0 Å². The Bertz CT molecular complexity index is 1170.